The number of carbonyl (C=O) groups excluding carboxylic acids is 1. The highest BCUT2D eigenvalue weighted by Crippen LogP contribution is 2.22. The van der Waals surface area contributed by atoms with Gasteiger partial charge in [-0.25, -0.2) is 5.43 Å². The van der Waals surface area contributed by atoms with Crippen molar-refractivity contribution in [1.82, 2.24) is 5.43 Å². The predicted molar refractivity (Wildman–Crippen MR) is 85.7 cm³/mol. The summed E-state index contributed by atoms with van der Waals surface area (Å²) < 4.78 is 10.4. The van der Waals surface area contributed by atoms with Crippen LogP contribution in [0.1, 0.15) is 5.56 Å². The first kappa shape index (κ1) is 15.9. The lowest BCUT2D eigenvalue weighted by Gasteiger charge is -2.06. The van der Waals surface area contributed by atoms with E-state index >= 15 is 0 Å². The molecule has 114 valence electrons. The standard InChI is InChI=1S/C16H15ClN2O3/c1-21-13-6-4-5-12(9-13)10-18-19-16(20)11-22-15-8-3-2-7-14(15)17/h2-10H,11H2,1H3,(H,19,20). The van der Waals surface area contributed by atoms with Crippen LogP contribution in [-0.4, -0.2) is 25.8 Å². The maximum Gasteiger partial charge on any atom is 0.277 e. The molecule has 0 bridgehead atoms. The Morgan fingerprint density at radius 3 is 2.86 bits per heavy atom. The summed E-state index contributed by atoms with van der Waals surface area (Å²) in [5, 5.41) is 4.31. The molecule has 2 rings (SSSR count). The largest absolute Gasteiger partial charge is 0.497 e. The van der Waals surface area contributed by atoms with E-state index in [2.05, 4.69) is 10.5 Å². The molecule has 0 atom stereocenters. The van der Waals surface area contributed by atoms with Crippen molar-refractivity contribution in [2.75, 3.05) is 13.7 Å². The smallest absolute Gasteiger partial charge is 0.277 e. The first-order valence-corrected chi connectivity index (χ1v) is 6.90. The Morgan fingerprint density at radius 2 is 2.09 bits per heavy atom. The van der Waals surface area contributed by atoms with E-state index < -0.39 is 0 Å². The Morgan fingerprint density at radius 1 is 1.27 bits per heavy atom. The van der Waals surface area contributed by atoms with Gasteiger partial charge in [-0.2, -0.15) is 5.10 Å². The van der Waals surface area contributed by atoms with Crippen molar-refractivity contribution in [1.29, 1.82) is 0 Å². The van der Waals surface area contributed by atoms with Gasteiger partial charge < -0.3 is 9.47 Å². The van der Waals surface area contributed by atoms with Crippen LogP contribution in [0.3, 0.4) is 0 Å². The molecule has 2 aromatic rings. The topological polar surface area (TPSA) is 59.9 Å². The summed E-state index contributed by atoms with van der Waals surface area (Å²) in [5.74, 6) is 0.799. The van der Waals surface area contributed by atoms with Crippen LogP contribution in [0.4, 0.5) is 0 Å². The third-order valence-electron chi connectivity index (χ3n) is 2.69. The molecule has 1 N–H and O–H groups in total. The summed E-state index contributed by atoms with van der Waals surface area (Å²) in [6.07, 6.45) is 1.52. The highest BCUT2D eigenvalue weighted by atomic mass is 35.5. The van der Waals surface area contributed by atoms with E-state index in [1.54, 1.807) is 37.4 Å². The van der Waals surface area contributed by atoms with Gasteiger partial charge in [0.1, 0.15) is 11.5 Å². The molecule has 0 unspecified atom stereocenters. The van der Waals surface area contributed by atoms with Crippen LogP contribution in [0.25, 0.3) is 0 Å². The van der Waals surface area contributed by atoms with Crippen molar-refractivity contribution in [3.05, 3.63) is 59.1 Å². The van der Waals surface area contributed by atoms with Gasteiger partial charge in [0.15, 0.2) is 6.61 Å². The summed E-state index contributed by atoms with van der Waals surface area (Å²) in [5.41, 5.74) is 3.19. The number of rotatable bonds is 6. The van der Waals surface area contributed by atoms with E-state index in [9.17, 15) is 4.79 Å². The molecule has 0 aliphatic rings. The predicted octanol–water partition coefficient (Wildman–Crippen LogP) is 2.88. The maximum atomic E-state index is 11.6. The van der Waals surface area contributed by atoms with Crippen LogP contribution in [0.15, 0.2) is 53.6 Å². The molecule has 0 fully saturated rings. The van der Waals surface area contributed by atoms with Crippen LogP contribution in [-0.2, 0) is 4.79 Å². The van der Waals surface area contributed by atoms with Crippen molar-refractivity contribution in [3.63, 3.8) is 0 Å². The zero-order valence-electron chi connectivity index (χ0n) is 12.0. The lowest BCUT2D eigenvalue weighted by molar-refractivity contribution is -0.123. The summed E-state index contributed by atoms with van der Waals surface area (Å²) in [7, 11) is 1.59. The van der Waals surface area contributed by atoms with Gasteiger partial charge in [0, 0.05) is 0 Å². The number of amides is 1. The SMILES string of the molecule is COc1cccc(C=NNC(=O)COc2ccccc2Cl)c1. The van der Waals surface area contributed by atoms with Crippen LogP contribution < -0.4 is 14.9 Å². The molecule has 0 radical (unpaired) electrons. The first-order valence-electron chi connectivity index (χ1n) is 6.52. The van der Waals surface area contributed by atoms with E-state index in [1.165, 1.54) is 6.21 Å². The highest BCUT2D eigenvalue weighted by Gasteiger charge is 2.04. The van der Waals surface area contributed by atoms with Crippen molar-refractivity contribution in [3.8, 4) is 11.5 Å². The number of hydrogen-bond acceptors (Lipinski definition) is 4. The van der Waals surface area contributed by atoms with Gasteiger partial charge >= 0.3 is 0 Å². The molecule has 0 aliphatic carbocycles. The molecule has 2 aromatic carbocycles. The highest BCUT2D eigenvalue weighted by molar-refractivity contribution is 6.32. The van der Waals surface area contributed by atoms with Crippen LogP contribution >= 0.6 is 11.6 Å². The fourth-order valence-electron chi connectivity index (χ4n) is 1.64. The molecule has 0 heterocycles. The van der Waals surface area contributed by atoms with Gasteiger partial charge in [0.2, 0.25) is 0 Å². The fraction of sp³-hybridized carbons (Fsp3) is 0.125. The molecule has 0 saturated carbocycles. The summed E-state index contributed by atoms with van der Waals surface area (Å²) in [4.78, 5) is 11.6. The minimum Gasteiger partial charge on any atom is -0.497 e. The van der Waals surface area contributed by atoms with Gasteiger partial charge in [-0.05, 0) is 29.8 Å². The van der Waals surface area contributed by atoms with Gasteiger partial charge in [0.05, 0.1) is 18.3 Å². The minimum atomic E-state index is -0.376. The summed E-state index contributed by atoms with van der Waals surface area (Å²) in [6.45, 7) is -0.167. The number of nitrogens with zero attached hydrogens (tertiary/aromatic N) is 1. The van der Waals surface area contributed by atoms with E-state index in [4.69, 9.17) is 21.1 Å². The molecule has 6 heteroatoms. The first-order chi connectivity index (χ1) is 10.7. The van der Waals surface area contributed by atoms with Crippen molar-refractivity contribution in [2.24, 2.45) is 5.10 Å². The Labute approximate surface area is 133 Å². The molecule has 0 aliphatic heterocycles. The molecule has 0 spiro atoms. The Balaban J connectivity index is 1.82. The number of hydrogen-bond donors (Lipinski definition) is 1. The van der Waals surface area contributed by atoms with Crippen molar-refractivity contribution in [2.45, 2.75) is 0 Å². The Kier molecular flexibility index (Phi) is 5.80. The monoisotopic (exact) mass is 318 g/mol. The molecular weight excluding hydrogens is 304 g/mol. The van der Waals surface area contributed by atoms with Crippen molar-refractivity contribution >= 4 is 23.7 Å². The van der Waals surface area contributed by atoms with E-state index in [1.807, 2.05) is 18.2 Å². The molecule has 1 amide bonds. The number of carbonyl (C=O) groups is 1. The van der Waals surface area contributed by atoms with Crippen molar-refractivity contribution < 1.29 is 14.3 Å². The number of para-hydroxylation sites is 1. The lowest BCUT2D eigenvalue weighted by Crippen LogP contribution is -2.24. The molecule has 0 aromatic heterocycles. The van der Waals surface area contributed by atoms with E-state index in [0.29, 0.717) is 10.8 Å². The third kappa shape index (κ3) is 4.79. The second-order valence-electron chi connectivity index (χ2n) is 4.29. The average molecular weight is 319 g/mol. The number of methoxy groups -OCH3 is 1. The van der Waals surface area contributed by atoms with Crippen LogP contribution in [0, 0.1) is 0 Å². The van der Waals surface area contributed by atoms with Gasteiger partial charge in [-0.3, -0.25) is 4.79 Å². The number of nitrogens with one attached hydrogen (secondary N) is 1. The molecular formula is C16H15ClN2O3. The van der Waals surface area contributed by atoms with Gasteiger partial charge in [-0.1, -0.05) is 35.9 Å². The zero-order valence-corrected chi connectivity index (χ0v) is 12.7. The summed E-state index contributed by atoms with van der Waals surface area (Å²) >= 11 is 5.92. The summed E-state index contributed by atoms with van der Waals surface area (Å²) in [6, 6.07) is 14.3. The van der Waals surface area contributed by atoms with Gasteiger partial charge in [0.25, 0.3) is 5.91 Å². The van der Waals surface area contributed by atoms with E-state index in [-0.39, 0.29) is 12.5 Å². The number of hydrazone groups is 1. The second-order valence-corrected chi connectivity index (χ2v) is 4.70. The Hall–Kier alpha value is -2.53. The Bertz CT molecular complexity index is 674. The molecule has 0 saturated heterocycles. The third-order valence-corrected chi connectivity index (χ3v) is 3.00. The van der Waals surface area contributed by atoms with E-state index in [0.717, 1.165) is 11.3 Å². The number of ether oxygens (including phenoxy) is 2. The average Bonchev–Trinajstić information content (AvgIpc) is 2.54. The second kappa shape index (κ2) is 8.05. The molecule has 22 heavy (non-hydrogen) atoms. The fourth-order valence-corrected chi connectivity index (χ4v) is 1.83. The minimum absolute atomic E-state index is 0.167. The molecule has 5 nitrogen and oxygen atoms in total. The van der Waals surface area contributed by atoms with Gasteiger partial charge in [-0.15, -0.1) is 0 Å². The quantitative estimate of drug-likeness (QED) is 0.658. The van der Waals surface area contributed by atoms with Crippen LogP contribution in [0.2, 0.25) is 5.02 Å². The number of benzene rings is 2. The lowest BCUT2D eigenvalue weighted by atomic mass is 10.2. The maximum absolute atomic E-state index is 11.6. The van der Waals surface area contributed by atoms with Crippen LogP contribution in [0.5, 0.6) is 11.5 Å². The normalized spacial score (nSPS) is 10.5. The number of halogens is 1. The zero-order chi connectivity index (χ0) is 15.8.